The lowest BCUT2D eigenvalue weighted by Gasteiger charge is -2.43. The molecule has 1 aliphatic carbocycles. The fourth-order valence-electron chi connectivity index (χ4n) is 6.98. The van der Waals surface area contributed by atoms with Crippen molar-refractivity contribution >= 4 is 22.5 Å². The molecule has 1 amide bonds. The van der Waals surface area contributed by atoms with Crippen molar-refractivity contribution in [1.82, 2.24) is 19.7 Å². The minimum atomic E-state index is -0.925. The van der Waals surface area contributed by atoms with Crippen LogP contribution >= 0.6 is 0 Å². The van der Waals surface area contributed by atoms with E-state index in [0.717, 1.165) is 48.7 Å². The summed E-state index contributed by atoms with van der Waals surface area (Å²) in [5.41, 5.74) is 3.23. The molecule has 4 heterocycles. The number of halogens is 1. The van der Waals surface area contributed by atoms with Gasteiger partial charge in [0, 0.05) is 36.7 Å². The number of carbonyl (C=O) groups is 1. The summed E-state index contributed by atoms with van der Waals surface area (Å²) >= 11 is 0. The number of hydrogen-bond acceptors (Lipinski definition) is 5. The van der Waals surface area contributed by atoms with Crippen molar-refractivity contribution in [3.05, 3.63) is 53.5 Å². The fourth-order valence-corrected chi connectivity index (χ4v) is 6.98. The number of aromatic nitrogens is 3. The molecule has 202 valence electrons. The number of anilines is 1. The summed E-state index contributed by atoms with van der Waals surface area (Å²) in [7, 11) is 1.91. The SMILES string of the molecule is CC[C@H]1[C@@H](C(=O)Nc2cc3cc(C4CCN([C@]5(C)COC[C@@H]5F)CC4)c(C)cc3cn2)[C@@H]1c1cnn(C)c1. The van der Waals surface area contributed by atoms with Crippen molar-refractivity contribution in [3.8, 4) is 0 Å². The monoisotopic (exact) mass is 519 g/mol. The minimum absolute atomic E-state index is 0.0350. The largest absolute Gasteiger partial charge is 0.376 e. The van der Waals surface area contributed by atoms with Gasteiger partial charge < -0.3 is 10.1 Å². The number of aryl methyl sites for hydroxylation is 2. The lowest BCUT2D eigenvalue weighted by Crippen LogP contribution is -2.55. The van der Waals surface area contributed by atoms with Crippen LogP contribution < -0.4 is 5.32 Å². The van der Waals surface area contributed by atoms with Crippen LogP contribution in [0.4, 0.5) is 10.2 Å². The molecule has 2 aromatic heterocycles. The van der Waals surface area contributed by atoms with Gasteiger partial charge in [-0.05, 0) is 85.8 Å². The average Bonchev–Trinajstić information content (AvgIpc) is 3.33. The topological polar surface area (TPSA) is 72.3 Å². The standard InChI is InChI=1S/C30H38FN5O2/c1-5-23-27(22-14-33-35(4)15-22)28(23)29(37)34-26-12-20-11-24(18(2)10-21(20)13-32-26)19-6-8-36(9-7-19)30(3)17-38-16-25(30)31/h10-15,19,23,25,27-28H,5-9,16-17H2,1-4H3,(H,32,34,37)/t23-,25+,27-,28-,30-/m1/s1. The molecule has 2 saturated heterocycles. The third-order valence-electron chi connectivity index (χ3n) is 9.40. The van der Waals surface area contributed by atoms with Crippen LogP contribution in [0, 0.1) is 18.8 Å². The zero-order chi connectivity index (χ0) is 26.6. The van der Waals surface area contributed by atoms with Crippen molar-refractivity contribution < 1.29 is 13.9 Å². The first-order valence-electron chi connectivity index (χ1n) is 13.9. The molecule has 3 aromatic rings. The second-order valence-corrected chi connectivity index (χ2v) is 11.8. The van der Waals surface area contributed by atoms with Crippen LogP contribution in [-0.4, -0.2) is 63.6 Å². The predicted molar refractivity (Wildman–Crippen MR) is 146 cm³/mol. The van der Waals surface area contributed by atoms with Crippen LogP contribution in [0.1, 0.15) is 61.6 Å². The molecule has 0 spiro atoms. The molecule has 7 nitrogen and oxygen atoms in total. The van der Waals surface area contributed by atoms with Gasteiger partial charge in [-0.3, -0.25) is 14.4 Å². The third-order valence-corrected chi connectivity index (χ3v) is 9.40. The molecular weight excluding hydrogens is 481 g/mol. The van der Waals surface area contributed by atoms with E-state index >= 15 is 0 Å². The Balaban J connectivity index is 1.16. The Hall–Kier alpha value is -2.84. The van der Waals surface area contributed by atoms with E-state index in [1.54, 1.807) is 4.68 Å². The normalized spacial score (nSPS) is 30.1. The van der Waals surface area contributed by atoms with Crippen molar-refractivity contribution in [1.29, 1.82) is 0 Å². The highest BCUT2D eigenvalue weighted by Crippen LogP contribution is 2.56. The molecule has 6 rings (SSSR count). The maximum Gasteiger partial charge on any atom is 0.229 e. The lowest BCUT2D eigenvalue weighted by molar-refractivity contribution is -0.117. The van der Waals surface area contributed by atoms with E-state index in [0.29, 0.717) is 24.3 Å². The molecule has 0 unspecified atom stereocenters. The number of likely N-dealkylation sites (tertiary alicyclic amines) is 1. The Labute approximate surface area is 223 Å². The zero-order valence-corrected chi connectivity index (χ0v) is 22.8. The quantitative estimate of drug-likeness (QED) is 0.498. The van der Waals surface area contributed by atoms with Gasteiger partial charge in [0.15, 0.2) is 0 Å². The van der Waals surface area contributed by atoms with E-state index in [1.165, 1.54) is 11.1 Å². The molecule has 3 aliphatic rings. The summed E-state index contributed by atoms with van der Waals surface area (Å²) in [6.45, 7) is 8.73. The molecule has 1 N–H and O–H groups in total. The van der Waals surface area contributed by atoms with E-state index in [2.05, 4.69) is 46.3 Å². The minimum Gasteiger partial charge on any atom is -0.376 e. The number of alkyl halides is 1. The molecular formula is C30H38FN5O2. The van der Waals surface area contributed by atoms with E-state index in [9.17, 15) is 9.18 Å². The van der Waals surface area contributed by atoms with E-state index in [1.807, 2.05) is 38.6 Å². The Morgan fingerprint density at radius 2 is 2.00 bits per heavy atom. The summed E-state index contributed by atoms with van der Waals surface area (Å²) in [5, 5.41) is 9.55. The number of piperidine rings is 1. The van der Waals surface area contributed by atoms with Crippen LogP contribution in [0.25, 0.3) is 10.8 Å². The number of hydrogen-bond donors (Lipinski definition) is 1. The average molecular weight is 520 g/mol. The summed E-state index contributed by atoms with van der Waals surface area (Å²) < 4.78 is 21.8. The van der Waals surface area contributed by atoms with Crippen molar-refractivity contribution in [3.63, 3.8) is 0 Å². The van der Waals surface area contributed by atoms with Crippen molar-refractivity contribution in [2.75, 3.05) is 31.6 Å². The van der Waals surface area contributed by atoms with Gasteiger partial charge in [0.25, 0.3) is 0 Å². The Morgan fingerprint density at radius 1 is 1.21 bits per heavy atom. The highest BCUT2D eigenvalue weighted by molar-refractivity contribution is 5.97. The number of fused-ring (bicyclic) bond motifs is 1. The fraction of sp³-hybridized carbons (Fsp3) is 0.567. The van der Waals surface area contributed by atoms with Gasteiger partial charge in [0.05, 0.1) is 24.9 Å². The second-order valence-electron chi connectivity index (χ2n) is 11.8. The summed E-state index contributed by atoms with van der Waals surface area (Å²) in [4.78, 5) is 20.1. The van der Waals surface area contributed by atoms with Gasteiger partial charge in [-0.2, -0.15) is 5.10 Å². The summed E-state index contributed by atoms with van der Waals surface area (Å²) in [6.07, 6.45) is 7.78. The van der Waals surface area contributed by atoms with Crippen molar-refractivity contribution in [2.24, 2.45) is 18.9 Å². The lowest BCUT2D eigenvalue weighted by atomic mass is 9.83. The summed E-state index contributed by atoms with van der Waals surface area (Å²) in [5.74, 6) is 1.58. The van der Waals surface area contributed by atoms with Gasteiger partial charge in [-0.1, -0.05) is 19.4 Å². The van der Waals surface area contributed by atoms with Crippen molar-refractivity contribution in [2.45, 2.75) is 63.6 Å². The second kappa shape index (κ2) is 9.72. The van der Waals surface area contributed by atoms with E-state index in [4.69, 9.17) is 4.74 Å². The predicted octanol–water partition coefficient (Wildman–Crippen LogP) is 4.96. The molecule has 38 heavy (non-hydrogen) atoms. The maximum atomic E-state index is 14.5. The van der Waals surface area contributed by atoms with Crippen LogP contribution in [0.2, 0.25) is 0 Å². The van der Waals surface area contributed by atoms with Gasteiger partial charge in [0.1, 0.15) is 12.0 Å². The number of carbonyl (C=O) groups excluding carboxylic acids is 1. The van der Waals surface area contributed by atoms with E-state index < -0.39 is 11.7 Å². The number of rotatable bonds is 6. The number of nitrogens with zero attached hydrogens (tertiary/aromatic N) is 4. The Kier molecular flexibility index (Phi) is 6.51. The smallest absolute Gasteiger partial charge is 0.229 e. The first kappa shape index (κ1) is 25.4. The van der Waals surface area contributed by atoms with Gasteiger partial charge >= 0.3 is 0 Å². The van der Waals surface area contributed by atoms with E-state index in [-0.39, 0.29) is 24.3 Å². The molecule has 5 atom stereocenters. The molecule has 0 bridgehead atoms. The highest BCUT2D eigenvalue weighted by atomic mass is 19.1. The molecule has 3 fully saturated rings. The maximum absolute atomic E-state index is 14.5. The number of nitrogens with one attached hydrogen (secondary N) is 1. The van der Waals surface area contributed by atoms with Crippen LogP contribution in [-0.2, 0) is 16.6 Å². The van der Waals surface area contributed by atoms with Crippen LogP contribution in [0.15, 0.2) is 36.8 Å². The van der Waals surface area contributed by atoms with Crippen LogP contribution in [0.3, 0.4) is 0 Å². The highest BCUT2D eigenvalue weighted by Gasteiger charge is 2.54. The summed E-state index contributed by atoms with van der Waals surface area (Å²) in [6, 6.07) is 6.47. The molecule has 2 aliphatic heterocycles. The van der Waals surface area contributed by atoms with Gasteiger partial charge in [-0.15, -0.1) is 0 Å². The molecule has 0 radical (unpaired) electrons. The number of ether oxygens (including phenoxy) is 1. The molecule has 1 aromatic carbocycles. The van der Waals surface area contributed by atoms with Gasteiger partial charge in [-0.25, -0.2) is 9.37 Å². The molecule has 1 saturated carbocycles. The van der Waals surface area contributed by atoms with Gasteiger partial charge in [0.2, 0.25) is 5.91 Å². The Bertz CT molecular complexity index is 1350. The zero-order valence-electron chi connectivity index (χ0n) is 22.8. The first-order chi connectivity index (χ1) is 18.3. The van der Waals surface area contributed by atoms with Crippen LogP contribution in [0.5, 0.6) is 0 Å². The number of pyridine rings is 1. The third kappa shape index (κ3) is 4.41. The molecule has 8 heteroatoms. The number of amides is 1. The first-order valence-corrected chi connectivity index (χ1v) is 13.9. The Morgan fingerprint density at radius 3 is 2.66 bits per heavy atom. The number of benzene rings is 1.